The molecular formula is C10H18O2. The zero-order valence-corrected chi connectivity index (χ0v) is 7.97. The lowest BCUT2D eigenvalue weighted by atomic mass is 9.73. The summed E-state index contributed by atoms with van der Waals surface area (Å²) in [7, 11) is 0. The van der Waals surface area contributed by atoms with Gasteiger partial charge in [0.25, 0.3) is 0 Å². The highest BCUT2D eigenvalue weighted by Gasteiger charge is 2.51. The Kier molecular flexibility index (Phi) is 1.74. The molecule has 1 saturated heterocycles. The third-order valence-corrected chi connectivity index (χ3v) is 3.65. The minimum absolute atomic E-state index is 0.209. The van der Waals surface area contributed by atoms with E-state index >= 15 is 0 Å². The quantitative estimate of drug-likeness (QED) is 0.608. The molecule has 0 aromatic carbocycles. The molecule has 0 aromatic heterocycles. The summed E-state index contributed by atoms with van der Waals surface area (Å²) in [6.07, 6.45) is 3.96. The summed E-state index contributed by atoms with van der Waals surface area (Å²) in [5.74, 6) is 0.383. The first-order chi connectivity index (χ1) is 5.56. The second-order valence-corrected chi connectivity index (χ2v) is 4.73. The summed E-state index contributed by atoms with van der Waals surface area (Å²) < 4.78 is 5.40. The SMILES string of the molecule is CC(C)C1(O)CCC2(CC1)CO2. The van der Waals surface area contributed by atoms with Crippen LogP contribution in [0, 0.1) is 5.92 Å². The molecule has 1 saturated carbocycles. The fraction of sp³-hybridized carbons (Fsp3) is 1.00. The van der Waals surface area contributed by atoms with Gasteiger partial charge in [0.15, 0.2) is 0 Å². The van der Waals surface area contributed by atoms with E-state index in [-0.39, 0.29) is 5.60 Å². The van der Waals surface area contributed by atoms with Crippen LogP contribution in [0.3, 0.4) is 0 Å². The van der Waals surface area contributed by atoms with Gasteiger partial charge in [-0.25, -0.2) is 0 Å². The molecule has 1 N–H and O–H groups in total. The Bertz CT molecular complexity index is 172. The van der Waals surface area contributed by atoms with Gasteiger partial charge in [-0.05, 0) is 31.6 Å². The number of aliphatic hydroxyl groups is 1. The fourth-order valence-electron chi connectivity index (χ4n) is 2.11. The van der Waals surface area contributed by atoms with E-state index in [9.17, 15) is 5.11 Å². The average molecular weight is 170 g/mol. The van der Waals surface area contributed by atoms with Crippen molar-refractivity contribution in [2.45, 2.75) is 50.7 Å². The van der Waals surface area contributed by atoms with E-state index in [1.54, 1.807) is 0 Å². The summed E-state index contributed by atoms with van der Waals surface area (Å²) in [6, 6.07) is 0. The molecule has 0 unspecified atom stereocenters. The van der Waals surface area contributed by atoms with Crippen molar-refractivity contribution in [3.05, 3.63) is 0 Å². The molecule has 0 atom stereocenters. The summed E-state index contributed by atoms with van der Waals surface area (Å²) in [6.45, 7) is 5.14. The number of ether oxygens (including phenoxy) is 1. The van der Waals surface area contributed by atoms with E-state index in [0.717, 1.165) is 32.3 Å². The van der Waals surface area contributed by atoms with E-state index in [2.05, 4.69) is 13.8 Å². The number of rotatable bonds is 1. The lowest BCUT2D eigenvalue weighted by Gasteiger charge is -2.38. The second-order valence-electron chi connectivity index (χ2n) is 4.73. The van der Waals surface area contributed by atoms with E-state index < -0.39 is 5.60 Å². The van der Waals surface area contributed by atoms with Crippen LogP contribution in [0.15, 0.2) is 0 Å². The van der Waals surface area contributed by atoms with Gasteiger partial charge in [-0.2, -0.15) is 0 Å². The van der Waals surface area contributed by atoms with Gasteiger partial charge in [-0.3, -0.25) is 0 Å². The Morgan fingerprint density at radius 3 is 2.00 bits per heavy atom. The van der Waals surface area contributed by atoms with Crippen LogP contribution in [-0.4, -0.2) is 22.9 Å². The maximum Gasteiger partial charge on any atom is 0.0918 e. The molecule has 2 heteroatoms. The minimum Gasteiger partial charge on any atom is -0.390 e. The molecule has 2 fully saturated rings. The molecular weight excluding hydrogens is 152 g/mol. The predicted octanol–water partition coefficient (Wildman–Crippen LogP) is 1.72. The highest BCUT2D eigenvalue weighted by atomic mass is 16.6. The Morgan fingerprint density at radius 1 is 1.17 bits per heavy atom. The van der Waals surface area contributed by atoms with Crippen molar-refractivity contribution in [2.75, 3.05) is 6.61 Å². The highest BCUT2D eigenvalue weighted by molar-refractivity contribution is 5.01. The maximum absolute atomic E-state index is 10.2. The van der Waals surface area contributed by atoms with Gasteiger partial charge < -0.3 is 9.84 Å². The van der Waals surface area contributed by atoms with Gasteiger partial charge in [0.05, 0.1) is 17.8 Å². The summed E-state index contributed by atoms with van der Waals surface area (Å²) in [5.41, 5.74) is -0.196. The standard InChI is InChI=1S/C10H18O2/c1-8(2)10(11)5-3-9(4-6-10)7-12-9/h8,11H,3-7H2,1-2H3. The van der Waals surface area contributed by atoms with Crippen molar-refractivity contribution in [3.8, 4) is 0 Å². The van der Waals surface area contributed by atoms with Crippen LogP contribution >= 0.6 is 0 Å². The molecule has 70 valence electrons. The molecule has 2 nitrogen and oxygen atoms in total. The number of hydrogen-bond donors (Lipinski definition) is 1. The maximum atomic E-state index is 10.2. The van der Waals surface area contributed by atoms with Gasteiger partial charge in [0, 0.05) is 0 Å². The van der Waals surface area contributed by atoms with Crippen molar-refractivity contribution in [1.82, 2.24) is 0 Å². The Labute approximate surface area is 73.9 Å². The normalized spacial score (nSPS) is 47.0. The first-order valence-electron chi connectivity index (χ1n) is 4.93. The lowest BCUT2D eigenvalue weighted by Crippen LogP contribution is -2.41. The zero-order valence-electron chi connectivity index (χ0n) is 7.97. The van der Waals surface area contributed by atoms with Crippen molar-refractivity contribution in [3.63, 3.8) is 0 Å². The van der Waals surface area contributed by atoms with E-state index in [0.29, 0.717) is 5.92 Å². The largest absolute Gasteiger partial charge is 0.390 e. The van der Waals surface area contributed by atoms with Crippen LogP contribution in [0.5, 0.6) is 0 Å². The Hall–Kier alpha value is -0.0800. The number of hydrogen-bond acceptors (Lipinski definition) is 2. The highest BCUT2D eigenvalue weighted by Crippen LogP contribution is 2.47. The van der Waals surface area contributed by atoms with Crippen LogP contribution in [-0.2, 0) is 4.74 Å². The lowest BCUT2D eigenvalue weighted by molar-refractivity contribution is -0.0523. The molecule has 0 bridgehead atoms. The van der Waals surface area contributed by atoms with Gasteiger partial charge in [-0.15, -0.1) is 0 Å². The summed E-state index contributed by atoms with van der Waals surface area (Å²) >= 11 is 0. The van der Waals surface area contributed by atoms with Crippen molar-refractivity contribution in [2.24, 2.45) is 5.92 Å². The van der Waals surface area contributed by atoms with Crippen LogP contribution in [0.4, 0.5) is 0 Å². The molecule has 2 aliphatic rings. The van der Waals surface area contributed by atoms with Crippen molar-refractivity contribution >= 4 is 0 Å². The minimum atomic E-state index is -0.406. The summed E-state index contributed by atoms with van der Waals surface area (Å²) in [4.78, 5) is 0. The third kappa shape index (κ3) is 1.27. The van der Waals surface area contributed by atoms with Gasteiger partial charge >= 0.3 is 0 Å². The average Bonchev–Trinajstić information content (AvgIpc) is 2.77. The monoisotopic (exact) mass is 170 g/mol. The fourth-order valence-corrected chi connectivity index (χ4v) is 2.11. The van der Waals surface area contributed by atoms with Crippen molar-refractivity contribution in [1.29, 1.82) is 0 Å². The molecule has 1 aliphatic carbocycles. The molecule has 2 rings (SSSR count). The van der Waals surface area contributed by atoms with Crippen LogP contribution in [0.1, 0.15) is 39.5 Å². The zero-order chi connectivity index (χ0) is 8.82. The number of epoxide rings is 1. The molecule has 1 spiro atoms. The molecule has 1 aliphatic heterocycles. The van der Waals surface area contributed by atoms with Gasteiger partial charge in [0.2, 0.25) is 0 Å². The summed E-state index contributed by atoms with van der Waals surface area (Å²) in [5, 5.41) is 10.2. The van der Waals surface area contributed by atoms with Crippen LogP contribution in [0.25, 0.3) is 0 Å². The smallest absolute Gasteiger partial charge is 0.0918 e. The van der Waals surface area contributed by atoms with E-state index in [4.69, 9.17) is 4.74 Å². The van der Waals surface area contributed by atoms with E-state index in [1.807, 2.05) is 0 Å². The van der Waals surface area contributed by atoms with Crippen LogP contribution < -0.4 is 0 Å². The van der Waals surface area contributed by atoms with E-state index in [1.165, 1.54) is 0 Å². The topological polar surface area (TPSA) is 32.8 Å². The Morgan fingerprint density at radius 2 is 1.67 bits per heavy atom. The molecule has 0 amide bonds. The molecule has 0 radical (unpaired) electrons. The molecule has 0 aromatic rings. The second kappa shape index (κ2) is 2.46. The first kappa shape index (κ1) is 8.52. The molecule has 1 heterocycles. The van der Waals surface area contributed by atoms with Crippen molar-refractivity contribution < 1.29 is 9.84 Å². The van der Waals surface area contributed by atoms with Gasteiger partial charge in [0.1, 0.15) is 0 Å². The molecule has 12 heavy (non-hydrogen) atoms. The van der Waals surface area contributed by atoms with Gasteiger partial charge in [-0.1, -0.05) is 13.8 Å². The van der Waals surface area contributed by atoms with Crippen LogP contribution in [0.2, 0.25) is 0 Å². The Balaban J connectivity index is 1.96. The predicted molar refractivity (Wildman–Crippen MR) is 46.9 cm³/mol. The third-order valence-electron chi connectivity index (χ3n) is 3.65. The first-order valence-corrected chi connectivity index (χ1v) is 4.93.